The van der Waals surface area contributed by atoms with Gasteiger partial charge < -0.3 is 20.1 Å². The molecule has 2 fully saturated rings. The lowest BCUT2D eigenvalue weighted by molar-refractivity contribution is 0.310. The van der Waals surface area contributed by atoms with Crippen molar-refractivity contribution in [3.63, 3.8) is 0 Å². The molecule has 2 aliphatic heterocycles. The molecule has 1 aromatic carbocycles. The molecule has 0 spiro atoms. The van der Waals surface area contributed by atoms with Gasteiger partial charge in [-0.25, -0.2) is 4.98 Å². The molecule has 0 unspecified atom stereocenters. The normalized spacial score (nSPS) is 21.7. The van der Waals surface area contributed by atoms with Crippen LogP contribution in [0.25, 0.3) is 16.7 Å². The van der Waals surface area contributed by atoms with Crippen molar-refractivity contribution in [3.05, 3.63) is 40.8 Å². The molecule has 0 radical (unpaired) electrons. The number of likely N-dealkylation sites (N-methyl/N-ethyl adjacent to an activating group) is 1. The third-order valence-electron chi connectivity index (χ3n) is 6.27. The summed E-state index contributed by atoms with van der Waals surface area (Å²) >= 11 is 3.57. The standard InChI is InChI=1S/C20H22BrN9/c1-28-7-6-12-10-29(11-16(12)28)20-26-18-13(21)8-23-30(18)19(27-20)22-9-17-24-14-4-2-3-5-15(14)25-17/h2-5,8,12,16H,6-7,9-11H2,1H3,(H,24,25)(H,22,26,27)/t12-,16+/m1/s1. The fourth-order valence-electron chi connectivity index (χ4n) is 4.68. The lowest BCUT2D eigenvalue weighted by Gasteiger charge is -2.21. The fraction of sp³-hybridized carbons (Fsp3) is 0.400. The quantitative estimate of drug-likeness (QED) is 0.476. The fourth-order valence-corrected chi connectivity index (χ4v) is 5.03. The maximum absolute atomic E-state index is 4.84. The molecule has 0 aliphatic carbocycles. The van der Waals surface area contributed by atoms with Gasteiger partial charge in [-0.05, 0) is 54.0 Å². The Morgan fingerprint density at radius 3 is 2.97 bits per heavy atom. The second kappa shape index (κ2) is 6.92. The van der Waals surface area contributed by atoms with Gasteiger partial charge in [0.25, 0.3) is 0 Å². The van der Waals surface area contributed by atoms with E-state index in [1.165, 1.54) is 13.0 Å². The minimum Gasteiger partial charge on any atom is -0.347 e. The topological polar surface area (TPSA) is 90.3 Å². The summed E-state index contributed by atoms with van der Waals surface area (Å²) in [4.78, 5) is 22.4. The number of benzene rings is 1. The molecule has 0 bridgehead atoms. The van der Waals surface area contributed by atoms with Crippen molar-refractivity contribution in [3.8, 4) is 0 Å². The van der Waals surface area contributed by atoms with E-state index in [-0.39, 0.29) is 0 Å². The Morgan fingerprint density at radius 2 is 2.10 bits per heavy atom. The zero-order valence-corrected chi connectivity index (χ0v) is 18.2. The largest absolute Gasteiger partial charge is 0.347 e. The Morgan fingerprint density at radius 1 is 1.20 bits per heavy atom. The van der Waals surface area contributed by atoms with Crippen molar-refractivity contribution in [1.29, 1.82) is 0 Å². The summed E-state index contributed by atoms with van der Waals surface area (Å²) in [5, 5.41) is 7.83. The van der Waals surface area contributed by atoms with Gasteiger partial charge in [-0.15, -0.1) is 0 Å². The first-order chi connectivity index (χ1) is 14.7. The van der Waals surface area contributed by atoms with Gasteiger partial charge in [-0.1, -0.05) is 12.1 Å². The second-order valence-electron chi connectivity index (χ2n) is 8.13. The van der Waals surface area contributed by atoms with E-state index >= 15 is 0 Å². The maximum atomic E-state index is 4.84. The van der Waals surface area contributed by atoms with Crippen LogP contribution in [0.3, 0.4) is 0 Å². The predicted octanol–water partition coefficient (Wildman–Crippen LogP) is 2.52. The lowest BCUT2D eigenvalue weighted by atomic mass is 10.1. The molecular formula is C20H22BrN9. The van der Waals surface area contributed by atoms with Gasteiger partial charge in [-0.3, -0.25) is 0 Å². The third-order valence-corrected chi connectivity index (χ3v) is 6.83. The summed E-state index contributed by atoms with van der Waals surface area (Å²) in [5.41, 5.74) is 2.74. The number of halogens is 1. The van der Waals surface area contributed by atoms with E-state index < -0.39 is 0 Å². The first-order valence-electron chi connectivity index (χ1n) is 10.2. The van der Waals surface area contributed by atoms with Gasteiger partial charge in [0, 0.05) is 19.1 Å². The Bertz CT molecular complexity index is 1200. The molecule has 2 saturated heterocycles. The van der Waals surface area contributed by atoms with Crippen LogP contribution in [0.4, 0.5) is 11.9 Å². The van der Waals surface area contributed by atoms with Gasteiger partial charge in [0.05, 0.1) is 28.2 Å². The van der Waals surface area contributed by atoms with Crippen molar-refractivity contribution < 1.29 is 0 Å². The van der Waals surface area contributed by atoms with Crippen LogP contribution in [0.2, 0.25) is 0 Å². The Hall–Kier alpha value is -2.72. The maximum Gasteiger partial charge on any atom is 0.230 e. The summed E-state index contributed by atoms with van der Waals surface area (Å²) < 4.78 is 2.59. The van der Waals surface area contributed by atoms with E-state index in [0.717, 1.165) is 46.0 Å². The molecule has 0 saturated carbocycles. The first kappa shape index (κ1) is 18.1. The van der Waals surface area contributed by atoms with Crippen molar-refractivity contribution in [2.45, 2.75) is 19.0 Å². The highest BCUT2D eigenvalue weighted by Gasteiger charge is 2.40. The van der Waals surface area contributed by atoms with Crippen LogP contribution < -0.4 is 10.2 Å². The van der Waals surface area contributed by atoms with Crippen LogP contribution in [0.15, 0.2) is 34.9 Å². The minimum atomic E-state index is 0.520. The molecular weight excluding hydrogens is 446 g/mol. The number of fused-ring (bicyclic) bond motifs is 3. The molecule has 30 heavy (non-hydrogen) atoms. The van der Waals surface area contributed by atoms with E-state index in [4.69, 9.17) is 9.97 Å². The molecule has 0 amide bonds. The number of para-hydroxylation sites is 2. The number of hydrogen-bond acceptors (Lipinski definition) is 7. The van der Waals surface area contributed by atoms with Gasteiger partial charge in [-0.2, -0.15) is 19.6 Å². The zero-order valence-electron chi connectivity index (χ0n) is 16.6. The number of aromatic amines is 1. The van der Waals surface area contributed by atoms with Gasteiger partial charge >= 0.3 is 0 Å². The smallest absolute Gasteiger partial charge is 0.230 e. The van der Waals surface area contributed by atoms with Crippen molar-refractivity contribution >= 4 is 44.5 Å². The molecule has 2 N–H and O–H groups in total. The monoisotopic (exact) mass is 467 g/mol. The van der Waals surface area contributed by atoms with E-state index in [1.54, 1.807) is 10.7 Å². The Kier molecular flexibility index (Phi) is 4.17. The number of likely N-dealkylation sites (tertiary alicyclic amines) is 1. The Balaban J connectivity index is 1.31. The highest BCUT2D eigenvalue weighted by Crippen LogP contribution is 2.33. The highest BCUT2D eigenvalue weighted by molar-refractivity contribution is 9.10. The van der Waals surface area contributed by atoms with Crippen molar-refractivity contribution in [2.75, 3.05) is 36.9 Å². The molecule has 6 rings (SSSR count). The number of anilines is 2. The highest BCUT2D eigenvalue weighted by atomic mass is 79.9. The van der Waals surface area contributed by atoms with E-state index in [1.807, 2.05) is 24.3 Å². The Labute approximate surface area is 181 Å². The van der Waals surface area contributed by atoms with E-state index in [0.29, 0.717) is 24.5 Å². The average Bonchev–Trinajstić information content (AvgIpc) is 3.51. The van der Waals surface area contributed by atoms with Crippen LogP contribution in [0.5, 0.6) is 0 Å². The van der Waals surface area contributed by atoms with Gasteiger partial charge in [0.2, 0.25) is 11.9 Å². The van der Waals surface area contributed by atoms with E-state index in [9.17, 15) is 0 Å². The number of H-pyrrole nitrogens is 1. The van der Waals surface area contributed by atoms with Crippen LogP contribution in [0, 0.1) is 5.92 Å². The summed E-state index contributed by atoms with van der Waals surface area (Å²) in [5.74, 6) is 2.95. The average molecular weight is 468 g/mol. The number of nitrogens with one attached hydrogen (secondary N) is 2. The number of hydrogen-bond donors (Lipinski definition) is 2. The van der Waals surface area contributed by atoms with Gasteiger partial charge in [0.1, 0.15) is 5.82 Å². The molecule has 5 heterocycles. The third kappa shape index (κ3) is 2.93. The van der Waals surface area contributed by atoms with E-state index in [2.05, 4.69) is 53.2 Å². The van der Waals surface area contributed by atoms with Crippen molar-refractivity contribution in [1.82, 2.24) is 34.4 Å². The molecule has 10 heteroatoms. The number of imidazole rings is 1. The predicted molar refractivity (Wildman–Crippen MR) is 119 cm³/mol. The van der Waals surface area contributed by atoms with Crippen LogP contribution in [-0.2, 0) is 6.54 Å². The van der Waals surface area contributed by atoms with Gasteiger partial charge in [0.15, 0.2) is 5.65 Å². The van der Waals surface area contributed by atoms with Crippen LogP contribution >= 0.6 is 15.9 Å². The molecule has 4 aromatic rings. The molecule has 9 nitrogen and oxygen atoms in total. The lowest BCUT2D eigenvalue weighted by Crippen LogP contribution is -2.32. The van der Waals surface area contributed by atoms with Crippen LogP contribution in [0.1, 0.15) is 12.2 Å². The molecule has 3 aromatic heterocycles. The molecule has 2 aliphatic rings. The first-order valence-corrected chi connectivity index (χ1v) is 11.0. The van der Waals surface area contributed by atoms with Crippen LogP contribution in [-0.4, -0.2) is 67.2 Å². The number of rotatable bonds is 4. The zero-order chi connectivity index (χ0) is 20.2. The molecule has 154 valence electrons. The molecule has 2 atom stereocenters. The van der Waals surface area contributed by atoms with Crippen molar-refractivity contribution in [2.24, 2.45) is 5.92 Å². The summed E-state index contributed by atoms with van der Waals surface area (Å²) in [6.07, 6.45) is 3.00. The summed E-state index contributed by atoms with van der Waals surface area (Å²) in [6.45, 7) is 3.67. The SMILES string of the molecule is CN1CC[C@@H]2CN(c3nc(NCc4nc5ccccc5[nH]4)n4ncc(Br)c4n3)C[C@@H]21. The summed E-state index contributed by atoms with van der Waals surface area (Å²) in [6, 6.07) is 8.61. The number of nitrogens with zero attached hydrogens (tertiary/aromatic N) is 7. The number of aromatic nitrogens is 6. The minimum absolute atomic E-state index is 0.520. The summed E-state index contributed by atoms with van der Waals surface area (Å²) in [7, 11) is 2.21. The second-order valence-corrected chi connectivity index (χ2v) is 8.99.